The van der Waals surface area contributed by atoms with Gasteiger partial charge in [-0.05, 0) is 73.9 Å². The van der Waals surface area contributed by atoms with Gasteiger partial charge in [0.25, 0.3) is 0 Å². The summed E-state index contributed by atoms with van der Waals surface area (Å²) in [6.07, 6.45) is 4.27. The largest absolute Gasteiger partial charge is 0.369 e. The molecule has 1 saturated heterocycles. The van der Waals surface area contributed by atoms with Crippen LogP contribution in [0.2, 0.25) is 0 Å². The fourth-order valence-electron chi connectivity index (χ4n) is 5.39. The topological polar surface area (TPSA) is 59.4 Å². The van der Waals surface area contributed by atoms with Crippen molar-refractivity contribution in [2.45, 2.75) is 70.2 Å². The van der Waals surface area contributed by atoms with Gasteiger partial charge in [0.1, 0.15) is 10.7 Å². The summed E-state index contributed by atoms with van der Waals surface area (Å²) in [4.78, 5) is 15.4. The van der Waals surface area contributed by atoms with Gasteiger partial charge in [-0.15, -0.1) is 0 Å². The molecule has 2 atom stereocenters. The van der Waals surface area contributed by atoms with Crippen molar-refractivity contribution in [2.75, 3.05) is 18.0 Å². The molecular formula is C28H35FN2O3S. The zero-order valence-corrected chi connectivity index (χ0v) is 22.1. The number of piperidine rings is 1. The number of hydrogen-bond acceptors (Lipinski definition) is 4. The predicted molar refractivity (Wildman–Crippen MR) is 140 cm³/mol. The number of pyridine rings is 1. The second-order valence-electron chi connectivity index (χ2n) is 10.4. The van der Waals surface area contributed by atoms with E-state index in [9.17, 15) is 13.2 Å². The lowest BCUT2D eigenvalue weighted by molar-refractivity contribution is 0.354. The second kappa shape index (κ2) is 9.76. The number of hydrogen-bond donors (Lipinski definition) is 0. The van der Waals surface area contributed by atoms with Crippen LogP contribution in [0, 0.1) is 31.5 Å². The molecule has 0 unspecified atom stereocenters. The Labute approximate surface area is 207 Å². The summed E-state index contributed by atoms with van der Waals surface area (Å²) in [5.74, 6) is 0.404. The molecule has 0 spiro atoms. The quantitative estimate of drug-likeness (QED) is 0.426. The Bertz CT molecular complexity index is 1400. The molecule has 0 radical (unpaired) electrons. The molecule has 1 aliphatic heterocycles. The van der Waals surface area contributed by atoms with E-state index in [1.54, 1.807) is 18.2 Å². The minimum atomic E-state index is -4.08. The molecule has 2 aromatic carbocycles. The Morgan fingerprint density at radius 1 is 1.00 bits per heavy atom. The first kappa shape index (κ1) is 25.4. The highest BCUT2D eigenvalue weighted by Gasteiger charge is 2.27. The molecule has 0 N–H and O–H groups in total. The monoisotopic (exact) mass is 498 g/mol. The highest BCUT2D eigenvalue weighted by molar-refractivity contribution is 7.91. The molecule has 3 aromatic rings. The van der Waals surface area contributed by atoms with Gasteiger partial charge in [0.05, 0.1) is 21.5 Å². The number of nitrogens with zero attached hydrogens (tertiary/aromatic N) is 2. The molecule has 0 saturated carbocycles. The molecule has 0 aliphatic carbocycles. The van der Waals surface area contributed by atoms with Crippen molar-refractivity contribution < 1.29 is 12.8 Å². The van der Waals surface area contributed by atoms with Gasteiger partial charge >= 0.3 is 0 Å². The maximum absolute atomic E-state index is 15.4. The molecule has 1 fully saturated rings. The Hall–Kier alpha value is -2.67. The summed E-state index contributed by atoms with van der Waals surface area (Å²) >= 11 is 0. The third kappa shape index (κ3) is 5.01. The molecule has 5 nitrogen and oxygen atoms in total. The van der Waals surface area contributed by atoms with E-state index in [4.69, 9.17) is 0 Å². The van der Waals surface area contributed by atoms with Gasteiger partial charge in [0, 0.05) is 25.8 Å². The van der Waals surface area contributed by atoms with Crippen molar-refractivity contribution in [2.24, 2.45) is 11.8 Å². The number of rotatable bonds is 6. The fourth-order valence-corrected chi connectivity index (χ4v) is 6.95. The van der Waals surface area contributed by atoms with Crippen LogP contribution in [0.5, 0.6) is 0 Å². The Balaban J connectivity index is 1.93. The fraction of sp³-hybridized carbons (Fsp3) is 0.464. The maximum Gasteiger partial charge on any atom is 0.211 e. The van der Waals surface area contributed by atoms with Crippen LogP contribution in [0.1, 0.15) is 51.2 Å². The molecule has 4 rings (SSSR count). The van der Waals surface area contributed by atoms with Gasteiger partial charge in [-0.1, -0.05) is 33.3 Å². The first-order valence-corrected chi connectivity index (χ1v) is 13.9. The average molecular weight is 499 g/mol. The number of anilines is 1. The van der Waals surface area contributed by atoms with Crippen LogP contribution in [0.25, 0.3) is 10.9 Å². The number of benzene rings is 2. The van der Waals surface area contributed by atoms with E-state index >= 15 is 4.39 Å². The van der Waals surface area contributed by atoms with Crippen LogP contribution in [0.4, 0.5) is 10.1 Å². The minimum absolute atomic E-state index is 0.0851. The summed E-state index contributed by atoms with van der Waals surface area (Å²) in [6.45, 7) is 12.1. The second-order valence-corrected chi connectivity index (χ2v) is 12.3. The van der Waals surface area contributed by atoms with Crippen molar-refractivity contribution in [1.82, 2.24) is 4.57 Å². The smallest absolute Gasteiger partial charge is 0.211 e. The molecule has 2 heterocycles. The molecule has 1 aromatic heterocycles. The maximum atomic E-state index is 15.4. The standard InChI is InChI=1S/C28H35FN2O3S/c1-6-7-8-30-17-27(35(33,34)22-11-18(2)9-19(3)12-22)28(32)23-13-24(29)26(14-25(23)30)31-15-20(4)10-21(5)16-31/h9,11-14,17,20-21H,6-8,10,15-16H2,1-5H3/t20-,21-/m0/s1. The normalized spacial score (nSPS) is 18.9. The Kier molecular flexibility index (Phi) is 7.09. The SMILES string of the molecule is CCCCn1cc(S(=O)(=O)c2cc(C)cc(C)c2)c(=O)c2cc(F)c(N3C[C@@H](C)C[C@H](C)C3)cc21. The average Bonchev–Trinajstić information content (AvgIpc) is 2.77. The van der Waals surface area contributed by atoms with Gasteiger partial charge in [0.2, 0.25) is 15.3 Å². The van der Waals surface area contributed by atoms with E-state index in [2.05, 4.69) is 25.7 Å². The van der Waals surface area contributed by atoms with E-state index < -0.39 is 21.1 Å². The zero-order chi connectivity index (χ0) is 25.5. The van der Waals surface area contributed by atoms with Crippen molar-refractivity contribution >= 4 is 26.4 Å². The molecule has 35 heavy (non-hydrogen) atoms. The molecule has 7 heteroatoms. The van der Waals surface area contributed by atoms with Crippen LogP contribution in [0.15, 0.2) is 51.1 Å². The van der Waals surface area contributed by atoms with Gasteiger partial charge in [-0.3, -0.25) is 4.79 Å². The van der Waals surface area contributed by atoms with Crippen LogP contribution in [0.3, 0.4) is 0 Å². The van der Waals surface area contributed by atoms with Crippen molar-refractivity contribution in [3.05, 3.63) is 63.7 Å². The van der Waals surface area contributed by atoms with Gasteiger partial charge < -0.3 is 9.47 Å². The molecule has 188 valence electrons. The number of fused-ring (bicyclic) bond motifs is 1. The number of aromatic nitrogens is 1. The number of unbranched alkanes of at least 4 members (excludes halogenated alkanes) is 1. The van der Waals surface area contributed by atoms with Crippen molar-refractivity contribution in [1.29, 1.82) is 0 Å². The van der Waals surface area contributed by atoms with Crippen LogP contribution < -0.4 is 10.3 Å². The molecule has 0 amide bonds. The number of sulfone groups is 1. The highest BCUT2D eigenvalue weighted by Crippen LogP contribution is 2.32. The van der Waals surface area contributed by atoms with Gasteiger partial charge in [-0.25, -0.2) is 12.8 Å². The van der Waals surface area contributed by atoms with Crippen molar-refractivity contribution in [3.8, 4) is 0 Å². The Morgan fingerprint density at radius 3 is 2.23 bits per heavy atom. The highest BCUT2D eigenvalue weighted by atomic mass is 32.2. The third-order valence-electron chi connectivity index (χ3n) is 6.87. The lowest BCUT2D eigenvalue weighted by Gasteiger charge is -2.37. The summed E-state index contributed by atoms with van der Waals surface area (Å²) in [6, 6.07) is 8.01. The third-order valence-corrected chi connectivity index (χ3v) is 8.60. The first-order chi connectivity index (χ1) is 16.5. The van der Waals surface area contributed by atoms with E-state index in [1.807, 2.05) is 24.5 Å². The summed E-state index contributed by atoms with van der Waals surface area (Å²) in [5.41, 5.74) is 2.00. The van der Waals surface area contributed by atoms with Gasteiger partial charge in [-0.2, -0.15) is 0 Å². The lowest BCUT2D eigenvalue weighted by atomic mass is 9.91. The van der Waals surface area contributed by atoms with Crippen molar-refractivity contribution in [3.63, 3.8) is 0 Å². The number of halogens is 1. The van der Waals surface area contributed by atoms with E-state index in [0.29, 0.717) is 29.6 Å². The van der Waals surface area contributed by atoms with E-state index in [-0.39, 0.29) is 15.2 Å². The van der Waals surface area contributed by atoms with E-state index in [1.165, 1.54) is 12.3 Å². The summed E-state index contributed by atoms with van der Waals surface area (Å²) < 4.78 is 44.4. The van der Waals surface area contributed by atoms with Crippen LogP contribution in [-0.4, -0.2) is 26.1 Å². The minimum Gasteiger partial charge on any atom is -0.369 e. The molecule has 0 bridgehead atoms. The first-order valence-electron chi connectivity index (χ1n) is 12.5. The lowest BCUT2D eigenvalue weighted by Crippen LogP contribution is -2.39. The predicted octanol–water partition coefficient (Wildman–Crippen LogP) is 5.87. The van der Waals surface area contributed by atoms with Gasteiger partial charge in [0.15, 0.2) is 0 Å². The van der Waals surface area contributed by atoms with Crippen LogP contribution >= 0.6 is 0 Å². The van der Waals surface area contributed by atoms with Crippen LogP contribution in [-0.2, 0) is 16.4 Å². The Morgan fingerprint density at radius 2 is 1.63 bits per heavy atom. The van der Waals surface area contributed by atoms with E-state index in [0.717, 1.165) is 43.5 Å². The number of aryl methyl sites for hydroxylation is 3. The zero-order valence-electron chi connectivity index (χ0n) is 21.3. The summed E-state index contributed by atoms with van der Waals surface area (Å²) in [7, 11) is -4.08. The molecular weight excluding hydrogens is 463 g/mol. The summed E-state index contributed by atoms with van der Waals surface area (Å²) in [5, 5.41) is 0.103. The molecule has 1 aliphatic rings.